The molecule has 0 amide bonds. The number of benzene rings is 1. The summed E-state index contributed by atoms with van der Waals surface area (Å²) in [6.45, 7) is 0. The number of rotatable bonds is 2. The number of nitrogens with two attached hydrogens (primary N) is 1. The molecule has 0 saturated heterocycles. The Kier molecular flexibility index (Phi) is 2.76. The maximum atomic E-state index is 12.4. The number of thiazole rings is 1. The number of carboxylic acid groups (broad SMARTS) is 1. The van der Waals surface area contributed by atoms with E-state index in [1.54, 1.807) is 29.6 Å². The van der Waals surface area contributed by atoms with E-state index in [0.717, 1.165) is 15.9 Å². The Balaban J connectivity index is 2.21. The van der Waals surface area contributed by atoms with Gasteiger partial charge in [0.15, 0.2) is 5.01 Å². The van der Waals surface area contributed by atoms with Gasteiger partial charge in [0.25, 0.3) is 0 Å². The highest BCUT2D eigenvalue weighted by Gasteiger charge is 2.20. The number of ketones is 1. The summed E-state index contributed by atoms with van der Waals surface area (Å²) in [4.78, 5) is 27.5. The molecule has 2 heterocycles. The first kappa shape index (κ1) is 12.4. The monoisotopic (exact) mass is 287 g/mol. The molecule has 100 valence electrons. The van der Waals surface area contributed by atoms with Gasteiger partial charge in [-0.25, -0.2) is 9.78 Å². The third-order valence-corrected chi connectivity index (χ3v) is 3.74. The number of hydrogen-bond acceptors (Lipinski definition) is 5. The molecular weight excluding hydrogens is 278 g/mol. The lowest BCUT2D eigenvalue weighted by molar-refractivity contribution is 0.104. The summed E-state index contributed by atoms with van der Waals surface area (Å²) in [5, 5.41) is 11.6. The Morgan fingerprint density at radius 2 is 2.05 bits per heavy atom. The number of para-hydroxylation sites is 1. The second kappa shape index (κ2) is 4.46. The van der Waals surface area contributed by atoms with E-state index in [-0.39, 0.29) is 16.6 Å². The van der Waals surface area contributed by atoms with Crippen molar-refractivity contribution in [1.82, 2.24) is 9.55 Å². The quantitative estimate of drug-likeness (QED) is 0.705. The number of anilines is 1. The summed E-state index contributed by atoms with van der Waals surface area (Å²) < 4.78 is 1.03. The van der Waals surface area contributed by atoms with Crippen LogP contribution in [0.15, 0.2) is 35.8 Å². The zero-order valence-electron chi connectivity index (χ0n) is 10.1. The minimum atomic E-state index is -1.14. The van der Waals surface area contributed by atoms with Gasteiger partial charge in [-0.05, 0) is 6.07 Å². The fraction of sp³-hybridized carbons (Fsp3) is 0. The number of nitrogens with zero attached hydrogens (tertiary/aromatic N) is 2. The van der Waals surface area contributed by atoms with Crippen LogP contribution in [0.25, 0.3) is 10.9 Å². The van der Waals surface area contributed by atoms with Crippen LogP contribution in [0.4, 0.5) is 10.6 Å². The van der Waals surface area contributed by atoms with Crippen molar-refractivity contribution in [3.63, 3.8) is 0 Å². The number of hydrogen-bond donors (Lipinski definition) is 2. The number of nitrogen functional groups attached to an aromatic ring is 1. The lowest BCUT2D eigenvalue weighted by Gasteiger charge is -1.95. The van der Waals surface area contributed by atoms with Gasteiger partial charge in [0.2, 0.25) is 5.78 Å². The van der Waals surface area contributed by atoms with Gasteiger partial charge in [-0.2, -0.15) is 0 Å². The molecule has 0 aliphatic carbocycles. The Bertz CT molecular complexity index is 834. The Morgan fingerprint density at radius 1 is 1.30 bits per heavy atom. The van der Waals surface area contributed by atoms with Gasteiger partial charge in [-0.1, -0.05) is 18.2 Å². The van der Waals surface area contributed by atoms with Crippen LogP contribution < -0.4 is 5.73 Å². The molecule has 6 nitrogen and oxygen atoms in total. The molecule has 3 rings (SSSR count). The first-order valence-corrected chi connectivity index (χ1v) is 6.55. The molecule has 0 aliphatic rings. The zero-order valence-corrected chi connectivity index (χ0v) is 10.9. The lowest BCUT2D eigenvalue weighted by Crippen LogP contribution is -2.06. The van der Waals surface area contributed by atoms with Gasteiger partial charge < -0.3 is 10.8 Å². The molecule has 0 aliphatic heterocycles. The molecule has 2 aromatic heterocycles. The lowest BCUT2D eigenvalue weighted by atomic mass is 10.1. The van der Waals surface area contributed by atoms with Crippen LogP contribution in [0.3, 0.4) is 0 Å². The van der Waals surface area contributed by atoms with Crippen LogP contribution in [-0.4, -0.2) is 26.5 Å². The molecule has 0 unspecified atom stereocenters. The van der Waals surface area contributed by atoms with Gasteiger partial charge in [-0.3, -0.25) is 9.36 Å². The van der Waals surface area contributed by atoms with Crippen LogP contribution in [0.1, 0.15) is 15.4 Å². The highest BCUT2D eigenvalue weighted by Crippen LogP contribution is 2.25. The zero-order chi connectivity index (χ0) is 14.3. The molecule has 0 atom stereocenters. The molecular formula is C13H9N3O3S. The van der Waals surface area contributed by atoms with Crippen LogP contribution in [-0.2, 0) is 0 Å². The predicted octanol–water partition coefficient (Wildman–Crippen LogP) is 2.44. The van der Waals surface area contributed by atoms with Crippen molar-refractivity contribution < 1.29 is 14.7 Å². The van der Waals surface area contributed by atoms with Crippen LogP contribution in [0.2, 0.25) is 0 Å². The van der Waals surface area contributed by atoms with E-state index in [1.165, 1.54) is 6.20 Å². The Hall–Kier alpha value is -2.67. The fourth-order valence-electron chi connectivity index (χ4n) is 2.02. The van der Waals surface area contributed by atoms with Gasteiger partial charge in [0.1, 0.15) is 5.82 Å². The third kappa shape index (κ3) is 1.84. The standard InChI is InChI=1S/C13H9N3O3S/c14-10-6-20-12(15-10)11(17)8-5-16(13(18)19)9-4-2-1-3-7(8)9/h1-6H,14H2,(H,18,19). The number of fused-ring (bicyclic) bond motifs is 1. The van der Waals surface area contributed by atoms with Crippen molar-refractivity contribution in [3.05, 3.63) is 46.4 Å². The molecule has 1 aromatic carbocycles. The molecule has 0 spiro atoms. The highest BCUT2D eigenvalue weighted by atomic mass is 32.1. The topological polar surface area (TPSA) is 98.2 Å². The predicted molar refractivity (Wildman–Crippen MR) is 75.3 cm³/mol. The minimum absolute atomic E-state index is 0.246. The second-order valence-electron chi connectivity index (χ2n) is 4.12. The van der Waals surface area contributed by atoms with E-state index >= 15 is 0 Å². The summed E-state index contributed by atoms with van der Waals surface area (Å²) in [5.41, 5.74) is 6.28. The summed E-state index contributed by atoms with van der Waals surface area (Å²) in [5.74, 6) is -0.0526. The van der Waals surface area contributed by atoms with E-state index < -0.39 is 6.09 Å². The maximum absolute atomic E-state index is 12.4. The second-order valence-corrected chi connectivity index (χ2v) is 4.98. The van der Waals surface area contributed by atoms with E-state index in [9.17, 15) is 14.7 Å². The normalized spacial score (nSPS) is 10.8. The summed E-state index contributed by atoms with van der Waals surface area (Å²) in [7, 11) is 0. The Morgan fingerprint density at radius 3 is 2.70 bits per heavy atom. The molecule has 7 heteroatoms. The SMILES string of the molecule is Nc1csc(C(=O)c2cn(C(=O)O)c3ccccc23)n1. The minimum Gasteiger partial charge on any atom is -0.464 e. The van der Waals surface area contributed by atoms with Gasteiger partial charge in [0.05, 0.1) is 11.1 Å². The average Bonchev–Trinajstić information content (AvgIpc) is 3.02. The van der Waals surface area contributed by atoms with E-state index in [4.69, 9.17) is 5.73 Å². The van der Waals surface area contributed by atoms with Crippen molar-refractivity contribution in [3.8, 4) is 0 Å². The van der Waals surface area contributed by atoms with Crippen molar-refractivity contribution in [2.45, 2.75) is 0 Å². The third-order valence-electron chi connectivity index (χ3n) is 2.88. The van der Waals surface area contributed by atoms with Crippen LogP contribution in [0.5, 0.6) is 0 Å². The molecule has 3 aromatic rings. The summed E-state index contributed by atoms with van der Waals surface area (Å²) in [6.07, 6.45) is 0.173. The molecule has 3 N–H and O–H groups in total. The van der Waals surface area contributed by atoms with Crippen molar-refractivity contribution in [2.75, 3.05) is 5.73 Å². The van der Waals surface area contributed by atoms with Crippen LogP contribution >= 0.6 is 11.3 Å². The van der Waals surface area contributed by atoms with E-state index in [0.29, 0.717) is 16.5 Å². The van der Waals surface area contributed by atoms with Gasteiger partial charge >= 0.3 is 6.09 Å². The number of aromatic nitrogens is 2. The first-order chi connectivity index (χ1) is 9.58. The molecule has 0 bridgehead atoms. The summed E-state index contributed by atoms with van der Waals surface area (Å²) >= 11 is 1.14. The smallest absolute Gasteiger partial charge is 0.416 e. The van der Waals surface area contributed by atoms with Gasteiger partial charge in [-0.15, -0.1) is 11.3 Å². The van der Waals surface area contributed by atoms with E-state index in [1.807, 2.05) is 0 Å². The summed E-state index contributed by atoms with van der Waals surface area (Å²) in [6, 6.07) is 6.83. The van der Waals surface area contributed by atoms with Crippen LogP contribution in [0, 0.1) is 0 Å². The van der Waals surface area contributed by atoms with E-state index in [2.05, 4.69) is 4.98 Å². The average molecular weight is 287 g/mol. The number of carbonyl (C=O) groups is 2. The largest absolute Gasteiger partial charge is 0.464 e. The first-order valence-electron chi connectivity index (χ1n) is 5.67. The number of carbonyl (C=O) groups excluding carboxylic acids is 1. The highest BCUT2D eigenvalue weighted by molar-refractivity contribution is 7.12. The van der Waals surface area contributed by atoms with Crippen molar-refractivity contribution in [2.24, 2.45) is 0 Å². The molecule has 0 fully saturated rings. The molecule has 0 radical (unpaired) electrons. The van der Waals surface area contributed by atoms with Crippen molar-refractivity contribution >= 4 is 39.9 Å². The van der Waals surface area contributed by atoms with Crippen molar-refractivity contribution in [1.29, 1.82) is 0 Å². The van der Waals surface area contributed by atoms with Gasteiger partial charge in [0, 0.05) is 17.0 Å². The maximum Gasteiger partial charge on any atom is 0.416 e. The molecule has 0 saturated carbocycles. The Labute approximate surface area is 117 Å². The fourth-order valence-corrected chi connectivity index (χ4v) is 2.68. The molecule has 20 heavy (non-hydrogen) atoms.